The molecule has 2 aliphatic rings. The Morgan fingerprint density at radius 1 is 1.40 bits per heavy atom. The Labute approximate surface area is 119 Å². The SMILES string of the molecule is CN1CCN(C(=O)C2CC=CCC2)CC1c1ncc[nH]1. The normalized spacial score (nSPS) is 27.8. The second-order valence-corrected chi connectivity index (χ2v) is 5.74. The van der Waals surface area contributed by atoms with E-state index in [0.717, 1.165) is 44.7 Å². The van der Waals surface area contributed by atoms with E-state index in [1.54, 1.807) is 6.20 Å². The molecule has 0 saturated carbocycles. The lowest BCUT2D eigenvalue weighted by Crippen LogP contribution is -2.51. The van der Waals surface area contributed by atoms with Gasteiger partial charge in [0.2, 0.25) is 5.91 Å². The average Bonchev–Trinajstić information content (AvgIpc) is 3.02. The lowest BCUT2D eigenvalue weighted by atomic mass is 9.92. The fraction of sp³-hybridized carbons (Fsp3) is 0.600. The molecular formula is C15H22N4O. The number of aromatic nitrogens is 2. The summed E-state index contributed by atoms with van der Waals surface area (Å²) in [6.07, 6.45) is 10.9. The number of allylic oxidation sites excluding steroid dienone is 2. The molecule has 2 atom stereocenters. The average molecular weight is 274 g/mol. The molecule has 0 aromatic carbocycles. The molecule has 2 heterocycles. The standard InChI is InChI=1S/C15H22N4O/c1-18-9-10-19(11-13(18)14-16-7-8-17-14)15(20)12-5-3-2-4-6-12/h2-3,7-8,12-13H,4-6,9-11H2,1H3,(H,16,17). The Hall–Kier alpha value is -1.62. The molecule has 1 fully saturated rings. The molecule has 2 unspecified atom stereocenters. The van der Waals surface area contributed by atoms with Crippen LogP contribution in [-0.4, -0.2) is 52.4 Å². The predicted octanol–water partition coefficient (Wildman–Crippen LogP) is 1.58. The molecule has 20 heavy (non-hydrogen) atoms. The zero-order valence-corrected chi connectivity index (χ0v) is 12.0. The first-order chi connectivity index (χ1) is 9.75. The van der Waals surface area contributed by atoms with Crippen LogP contribution in [0.4, 0.5) is 0 Å². The van der Waals surface area contributed by atoms with Crippen molar-refractivity contribution in [3.8, 4) is 0 Å². The van der Waals surface area contributed by atoms with Crippen LogP contribution in [0.25, 0.3) is 0 Å². The minimum atomic E-state index is 0.181. The van der Waals surface area contributed by atoms with Gasteiger partial charge < -0.3 is 9.88 Å². The molecule has 0 radical (unpaired) electrons. The molecule has 0 bridgehead atoms. The Morgan fingerprint density at radius 2 is 2.30 bits per heavy atom. The van der Waals surface area contributed by atoms with E-state index in [4.69, 9.17) is 0 Å². The lowest BCUT2D eigenvalue weighted by molar-refractivity contribution is -0.138. The second kappa shape index (κ2) is 5.79. The van der Waals surface area contributed by atoms with Gasteiger partial charge in [-0.3, -0.25) is 9.69 Å². The smallest absolute Gasteiger partial charge is 0.226 e. The van der Waals surface area contributed by atoms with Crippen molar-refractivity contribution < 1.29 is 4.79 Å². The van der Waals surface area contributed by atoms with Crippen molar-refractivity contribution in [1.29, 1.82) is 0 Å². The quantitative estimate of drug-likeness (QED) is 0.833. The van der Waals surface area contributed by atoms with Crippen molar-refractivity contribution in [1.82, 2.24) is 19.8 Å². The van der Waals surface area contributed by atoms with Crippen LogP contribution in [0.1, 0.15) is 31.1 Å². The summed E-state index contributed by atoms with van der Waals surface area (Å²) in [6.45, 7) is 2.47. The van der Waals surface area contributed by atoms with Gasteiger partial charge in [-0.15, -0.1) is 0 Å². The lowest BCUT2D eigenvalue weighted by Gasteiger charge is -2.40. The summed E-state index contributed by atoms with van der Waals surface area (Å²) in [5.41, 5.74) is 0. The summed E-state index contributed by atoms with van der Waals surface area (Å²) >= 11 is 0. The van der Waals surface area contributed by atoms with Crippen LogP contribution in [0.15, 0.2) is 24.5 Å². The number of nitrogens with one attached hydrogen (secondary N) is 1. The Balaban J connectivity index is 1.68. The summed E-state index contributed by atoms with van der Waals surface area (Å²) in [5.74, 6) is 1.45. The number of carbonyl (C=O) groups excluding carboxylic acids is 1. The van der Waals surface area contributed by atoms with Gasteiger partial charge in [-0.1, -0.05) is 12.2 Å². The van der Waals surface area contributed by atoms with Crippen LogP contribution in [0.5, 0.6) is 0 Å². The number of imidazole rings is 1. The summed E-state index contributed by atoms with van der Waals surface area (Å²) in [7, 11) is 2.10. The van der Waals surface area contributed by atoms with Gasteiger partial charge >= 0.3 is 0 Å². The molecule has 108 valence electrons. The number of rotatable bonds is 2. The molecule has 1 amide bonds. The van der Waals surface area contributed by atoms with Crippen molar-refractivity contribution >= 4 is 5.91 Å². The number of carbonyl (C=O) groups is 1. The van der Waals surface area contributed by atoms with E-state index < -0.39 is 0 Å². The maximum Gasteiger partial charge on any atom is 0.226 e. The number of hydrogen-bond acceptors (Lipinski definition) is 3. The minimum absolute atomic E-state index is 0.181. The number of nitrogens with zero attached hydrogens (tertiary/aromatic N) is 3. The van der Waals surface area contributed by atoms with Gasteiger partial charge in [0.05, 0.1) is 6.04 Å². The molecule has 1 N–H and O–H groups in total. The highest BCUT2D eigenvalue weighted by Crippen LogP contribution is 2.25. The third-order valence-corrected chi connectivity index (χ3v) is 4.41. The van der Waals surface area contributed by atoms with Gasteiger partial charge in [-0.25, -0.2) is 4.98 Å². The molecule has 3 rings (SSSR count). The van der Waals surface area contributed by atoms with E-state index in [2.05, 4.69) is 34.1 Å². The van der Waals surface area contributed by atoms with Gasteiger partial charge in [-0.05, 0) is 26.3 Å². The molecule has 5 nitrogen and oxygen atoms in total. The molecule has 1 aromatic rings. The zero-order chi connectivity index (χ0) is 13.9. The topological polar surface area (TPSA) is 52.2 Å². The number of aromatic amines is 1. The summed E-state index contributed by atoms with van der Waals surface area (Å²) < 4.78 is 0. The number of likely N-dealkylation sites (N-methyl/N-ethyl adjacent to an activating group) is 1. The fourth-order valence-electron chi connectivity index (χ4n) is 3.10. The van der Waals surface area contributed by atoms with Gasteiger partial charge in [0.15, 0.2) is 0 Å². The first-order valence-corrected chi connectivity index (χ1v) is 7.39. The molecular weight excluding hydrogens is 252 g/mol. The first kappa shape index (κ1) is 13.4. The number of hydrogen-bond donors (Lipinski definition) is 1. The molecule has 5 heteroatoms. The van der Waals surface area contributed by atoms with Gasteiger partial charge in [0.1, 0.15) is 5.82 Å². The maximum atomic E-state index is 12.6. The Bertz CT molecular complexity index is 482. The monoisotopic (exact) mass is 274 g/mol. The van der Waals surface area contributed by atoms with E-state index in [-0.39, 0.29) is 12.0 Å². The number of amides is 1. The summed E-state index contributed by atoms with van der Waals surface area (Å²) in [6, 6.07) is 0.182. The highest BCUT2D eigenvalue weighted by atomic mass is 16.2. The van der Waals surface area contributed by atoms with Crippen LogP contribution in [0.3, 0.4) is 0 Å². The van der Waals surface area contributed by atoms with Gasteiger partial charge in [0.25, 0.3) is 0 Å². The molecule has 1 aliphatic heterocycles. The number of H-pyrrole nitrogens is 1. The van der Waals surface area contributed by atoms with Crippen molar-refractivity contribution in [3.63, 3.8) is 0 Å². The molecule has 1 saturated heterocycles. The second-order valence-electron chi connectivity index (χ2n) is 5.74. The highest BCUT2D eigenvalue weighted by Gasteiger charge is 2.32. The third kappa shape index (κ3) is 2.63. The largest absolute Gasteiger partial charge is 0.347 e. The summed E-state index contributed by atoms with van der Waals surface area (Å²) in [5, 5.41) is 0. The van der Waals surface area contributed by atoms with Gasteiger partial charge in [0, 0.05) is 37.9 Å². The van der Waals surface area contributed by atoms with E-state index in [1.807, 2.05) is 11.1 Å². The molecule has 1 aromatic heterocycles. The van der Waals surface area contributed by atoms with Crippen molar-refractivity contribution in [2.45, 2.75) is 25.3 Å². The van der Waals surface area contributed by atoms with E-state index in [1.165, 1.54) is 0 Å². The van der Waals surface area contributed by atoms with Crippen LogP contribution in [-0.2, 0) is 4.79 Å². The van der Waals surface area contributed by atoms with E-state index in [9.17, 15) is 4.79 Å². The Kier molecular flexibility index (Phi) is 3.87. The molecule has 1 aliphatic carbocycles. The van der Waals surface area contributed by atoms with Crippen molar-refractivity contribution in [2.75, 3.05) is 26.7 Å². The Morgan fingerprint density at radius 3 is 3.00 bits per heavy atom. The van der Waals surface area contributed by atoms with Crippen LogP contribution in [0.2, 0.25) is 0 Å². The highest BCUT2D eigenvalue weighted by molar-refractivity contribution is 5.79. The maximum absolute atomic E-state index is 12.6. The van der Waals surface area contributed by atoms with E-state index >= 15 is 0 Å². The third-order valence-electron chi connectivity index (χ3n) is 4.41. The molecule has 0 spiro atoms. The number of piperazine rings is 1. The van der Waals surface area contributed by atoms with Crippen molar-refractivity contribution in [2.24, 2.45) is 5.92 Å². The predicted molar refractivity (Wildman–Crippen MR) is 77.0 cm³/mol. The summed E-state index contributed by atoms with van der Waals surface area (Å²) in [4.78, 5) is 24.4. The van der Waals surface area contributed by atoms with Crippen LogP contribution >= 0.6 is 0 Å². The zero-order valence-electron chi connectivity index (χ0n) is 12.0. The fourth-order valence-corrected chi connectivity index (χ4v) is 3.10. The van der Waals surface area contributed by atoms with E-state index in [0.29, 0.717) is 5.91 Å². The minimum Gasteiger partial charge on any atom is -0.347 e. The first-order valence-electron chi connectivity index (χ1n) is 7.39. The van der Waals surface area contributed by atoms with Crippen LogP contribution in [0, 0.1) is 5.92 Å². The van der Waals surface area contributed by atoms with Gasteiger partial charge in [-0.2, -0.15) is 0 Å². The van der Waals surface area contributed by atoms with Crippen molar-refractivity contribution in [3.05, 3.63) is 30.4 Å². The van der Waals surface area contributed by atoms with Crippen LogP contribution < -0.4 is 0 Å².